The SMILES string of the molecule is COC(=O)C[C@H](NC(=O)c1ccc2occc2c1)C(=O)O. The van der Waals surface area contributed by atoms with Crippen molar-refractivity contribution in [3.8, 4) is 0 Å². The lowest BCUT2D eigenvalue weighted by molar-refractivity contribution is -0.147. The molecule has 2 aromatic rings. The number of furan rings is 1. The first-order valence-electron chi connectivity index (χ1n) is 6.09. The minimum Gasteiger partial charge on any atom is -0.480 e. The third kappa shape index (κ3) is 3.38. The number of carboxylic acid groups (broad SMARTS) is 1. The Balaban J connectivity index is 2.14. The number of benzene rings is 1. The molecule has 0 fully saturated rings. The minimum absolute atomic E-state index is 0.278. The summed E-state index contributed by atoms with van der Waals surface area (Å²) in [6, 6.07) is 5.05. The number of hydrogen-bond acceptors (Lipinski definition) is 5. The van der Waals surface area contributed by atoms with E-state index >= 15 is 0 Å². The van der Waals surface area contributed by atoms with E-state index in [9.17, 15) is 14.4 Å². The number of aliphatic carboxylic acids is 1. The van der Waals surface area contributed by atoms with Crippen molar-refractivity contribution in [3.63, 3.8) is 0 Å². The zero-order chi connectivity index (χ0) is 15.4. The van der Waals surface area contributed by atoms with Crippen LogP contribution in [0.25, 0.3) is 11.0 Å². The summed E-state index contributed by atoms with van der Waals surface area (Å²) in [5.41, 5.74) is 0.899. The Morgan fingerprint density at radius 2 is 2.10 bits per heavy atom. The van der Waals surface area contributed by atoms with Crippen LogP contribution in [0.5, 0.6) is 0 Å². The number of nitrogens with one attached hydrogen (secondary N) is 1. The van der Waals surface area contributed by atoms with Gasteiger partial charge in [-0.2, -0.15) is 0 Å². The molecule has 0 radical (unpaired) electrons. The molecule has 0 spiro atoms. The summed E-state index contributed by atoms with van der Waals surface area (Å²) in [5.74, 6) is -2.61. The molecule has 0 aliphatic rings. The monoisotopic (exact) mass is 291 g/mol. The Labute approximate surface area is 119 Å². The quantitative estimate of drug-likeness (QED) is 0.801. The first-order valence-corrected chi connectivity index (χ1v) is 6.09. The van der Waals surface area contributed by atoms with Gasteiger partial charge in [0, 0.05) is 10.9 Å². The van der Waals surface area contributed by atoms with E-state index in [4.69, 9.17) is 9.52 Å². The summed E-state index contributed by atoms with van der Waals surface area (Å²) < 4.78 is 9.55. The molecular formula is C14H13NO6. The van der Waals surface area contributed by atoms with Crippen molar-refractivity contribution in [1.82, 2.24) is 5.32 Å². The summed E-state index contributed by atoms with van der Waals surface area (Å²) in [4.78, 5) is 34.2. The number of ether oxygens (including phenoxy) is 1. The van der Waals surface area contributed by atoms with Crippen molar-refractivity contribution in [1.29, 1.82) is 0 Å². The van der Waals surface area contributed by atoms with Crippen LogP contribution >= 0.6 is 0 Å². The van der Waals surface area contributed by atoms with E-state index in [0.29, 0.717) is 5.58 Å². The normalized spacial score (nSPS) is 11.9. The van der Waals surface area contributed by atoms with Gasteiger partial charge in [0.05, 0.1) is 19.8 Å². The van der Waals surface area contributed by atoms with E-state index in [1.54, 1.807) is 18.2 Å². The number of carboxylic acids is 1. The van der Waals surface area contributed by atoms with Gasteiger partial charge in [-0.15, -0.1) is 0 Å². The summed E-state index contributed by atoms with van der Waals surface area (Å²) in [6.45, 7) is 0. The second-order valence-electron chi connectivity index (χ2n) is 4.32. The van der Waals surface area contributed by atoms with Crippen LogP contribution in [0.4, 0.5) is 0 Å². The highest BCUT2D eigenvalue weighted by molar-refractivity contribution is 6.00. The van der Waals surface area contributed by atoms with Crippen molar-refractivity contribution in [2.75, 3.05) is 7.11 Å². The molecule has 0 aliphatic carbocycles. The maximum absolute atomic E-state index is 12.0. The van der Waals surface area contributed by atoms with E-state index in [2.05, 4.69) is 10.1 Å². The third-order valence-electron chi connectivity index (χ3n) is 2.92. The summed E-state index contributed by atoms with van der Waals surface area (Å²) in [7, 11) is 1.15. The minimum atomic E-state index is -1.34. The number of fused-ring (bicyclic) bond motifs is 1. The molecule has 7 nitrogen and oxygen atoms in total. The first-order chi connectivity index (χ1) is 10.0. The van der Waals surface area contributed by atoms with Gasteiger partial charge in [-0.25, -0.2) is 4.79 Å². The Morgan fingerprint density at radius 1 is 1.33 bits per heavy atom. The molecule has 0 bridgehead atoms. The molecule has 21 heavy (non-hydrogen) atoms. The van der Waals surface area contributed by atoms with Crippen LogP contribution in [0, 0.1) is 0 Å². The van der Waals surface area contributed by atoms with Gasteiger partial charge in [0.25, 0.3) is 5.91 Å². The molecule has 2 N–H and O–H groups in total. The van der Waals surface area contributed by atoms with E-state index in [-0.39, 0.29) is 5.56 Å². The predicted molar refractivity (Wildman–Crippen MR) is 71.7 cm³/mol. The molecule has 2 rings (SSSR count). The fraction of sp³-hybridized carbons (Fsp3) is 0.214. The molecular weight excluding hydrogens is 278 g/mol. The molecule has 1 amide bonds. The highest BCUT2D eigenvalue weighted by atomic mass is 16.5. The van der Waals surface area contributed by atoms with E-state index < -0.39 is 30.3 Å². The highest BCUT2D eigenvalue weighted by Crippen LogP contribution is 2.17. The van der Waals surface area contributed by atoms with Gasteiger partial charge < -0.3 is 19.6 Å². The lowest BCUT2D eigenvalue weighted by Crippen LogP contribution is -2.42. The van der Waals surface area contributed by atoms with Crippen LogP contribution in [0.15, 0.2) is 34.9 Å². The average molecular weight is 291 g/mol. The lowest BCUT2D eigenvalue weighted by atomic mass is 10.1. The zero-order valence-electron chi connectivity index (χ0n) is 11.2. The molecule has 7 heteroatoms. The van der Waals surface area contributed by atoms with Crippen LogP contribution in [0.1, 0.15) is 16.8 Å². The van der Waals surface area contributed by atoms with Gasteiger partial charge in [0.15, 0.2) is 0 Å². The Bertz CT molecular complexity index is 690. The fourth-order valence-corrected chi connectivity index (χ4v) is 1.80. The zero-order valence-corrected chi connectivity index (χ0v) is 11.2. The number of esters is 1. The van der Waals surface area contributed by atoms with Crippen molar-refractivity contribution in [3.05, 3.63) is 36.1 Å². The third-order valence-corrected chi connectivity index (χ3v) is 2.92. The number of hydrogen-bond donors (Lipinski definition) is 2. The van der Waals surface area contributed by atoms with Gasteiger partial charge >= 0.3 is 11.9 Å². The van der Waals surface area contributed by atoms with Crippen LogP contribution < -0.4 is 5.32 Å². The van der Waals surface area contributed by atoms with Crippen molar-refractivity contribution in [2.45, 2.75) is 12.5 Å². The highest BCUT2D eigenvalue weighted by Gasteiger charge is 2.24. The molecule has 1 aromatic heterocycles. The molecule has 1 atom stereocenters. The van der Waals surface area contributed by atoms with Crippen LogP contribution in [0.3, 0.4) is 0 Å². The predicted octanol–water partition coefficient (Wildman–Crippen LogP) is 1.18. The second kappa shape index (κ2) is 6.08. The van der Waals surface area contributed by atoms with Crippen molar-refractivity contribution >= 4 is 28.8 Å². The van der Waals surface area contributed by atoms with Gasteiger partial charge in [-0.1, -0.05) is 0 Å². The molecule has 0 aliphatic heterocycles. The van der Waals surface area contributed by atoms with Crippen LogP contribution in [-0.4, -0.2) is 36.1 Å². The first kappa shape index (κ1) is 14.6. The van der Waals surface area contributed by atoms with Crippen molar-refractivity contribution < 1.29 is 28.6 Å². The van der Waals surface area contributed by atoms with Crippen LogP contribution in [-0.2, 0) is 14.3 Å². The number of carbonyl (C=O) groups excluding carboxylic acids is 2. The Hall–Kier alpha value is -2.83. The second-order valence-corrected chi connectivity index (χ2v) is 4.32. The molecule has 110 valence electrons. The fourth-order valence-electron chi connectivity index (χ4n) is 1.80. The number of amides is 1. The average Bonchev–Trinajstić information content (AvgIpc) is 2.93. The Kier molecular flexibility index (Phi) is 4.22. The topological polar surface area (TPSA) is 106 Å². The van der Waals surface area contributed by atoms with E-state index in [1.165, 1.54) is 12.3 Å². The number of rotatable bonds is 5. The summed E-state index contributed by atoms with van der Waals surface area (Å²) in [5, 5.41) is 12.0. The number of carbonyl (C=O) groups is 3. The molecule has 0 unspecified atom stereocenters. The van der Waals surface area contributed by atoms with Gasteiger partial charge in [0.2, 0.25) is 0 Å². The number of methoxy groups -OCH3 is 1. The smallest absolute Gasteiger partial charge is 0.326 e. The maximum Gasteiger partial charge on any atom is 0.326 e. The van der Waals surface area contributed by atoms with E-state index in [0.717, 1.165) is 12.5 Å². The lowest BCUT2D eigenvalue weighted by Gasteiger charge is -2.13. The standard InChI is InChI=1S/C14H13NO6/c1-20-12(16)7-10(14(18)19)15-13(17)9-2-3-11-8(6-9)4-5-21-11/h2-6,10H,7H2,1H3,(H,15,17)(H,18,19)/t10-/m0/s1. The van der Waals surface area contributed by atoms with Gasteiger partial charge in [-0.3, -0.25) is 9.59 Å². The van der Waals surface area contributed by atoms with Gasteiger partial charge in [-0.05, 0) is 24.3 Å². The summed E-state index contributed by atoms with van der Waals surface area (Å²) in [6.07, 6.45) is 1.05. The largest absolute Gasteiger partial charge is 0.480 e. The van der Waals surface area contributed by atoms with Crippen LogP contribution in [0.2, 0.25) is 0 Å². The van der Waals surface area contributed by atoms with E-state index in [1.807, 2.05) is 0 Å². The molecule has 0 saturated heterocycles. The summed E-state index contributed by atoms with van der Waals surface area (Å²) >= 11 is 0. The van der Waals surface area contributed by atoms with Gasteiger partial charge in [0.1, 0.15) is 11.6 Å². The Morgan fingerprint density at radius 3 is 2.76 bits per heavy atom. The van der Waals surface area contributed by atoms with Crippen molar-refractivity contribution in [2.24, 2.45) is 0 Å². The molecule has 0 saturated carbocycles. The maximum atomic E-state index is 12.0. The molecule has 1 heterocycles. The molecule has 1 aromatic carbocycles.